The minimum absolute atomic E-state index is 0.506. The third kappa shape index (κ3) is 1.54. The Balaban J connectivity index is 2.34. The normalized spacial score (nSPS) is 10.9. The van der Waals surface area contributed by atoms with Crippen LogP contribution < -0.4 is 5.73 Å². The largest absolute Gasteiger partial charge is 0.369 e. The van der Waals surface area contributed by atoms with E-state index in [4.69, 9.17) is 5.73 Å². The van der Waals surface area contributed by atoms with Gasteiger partial charge in [-0.15, -0.1) is 0 Å². The molecule has 2 N–H and O–H groups in total. The molecule has 0 spiro atoms. The van der Waals surface area contributed by atoms with Crippen molar-refractivity contribution >= 4 is 16.7 Å². The van der Waals surface area contributed by atoms with Crippen LogP contribution in [0.4, 0.5) is 5.95 Å². The lowest BCUT2D eigenvalue weighted by Crippen LogP contribution is -2.00. The Morgan fingerprint density at radius 2 is 2.12 bits per heavy atom. The van der Waals surface area contributed by atoms with E-state index >= 15 is 0 Å². The number of imidazole rings is 1. The second-order valence-electron chi connectivity index (χ2n) is 3.98. The summed E-state index contributed by atoms with van der Waals surface area (Å²) in [5.41, 5.74) is 7.84. The maximum Gasteiger partial charge on any atom is 0.205 e. The zero-order valence-corrected chi connectivity index (χ0v) is 9.46. The van der Waals surface area contributed by atoms with E-state index in [0.29, 0.717) is 5.95 Å². The number of hydrogen-bond acceptors (Lipinski definition) is 3. The molecule has 84 valence electrons. The van der Waals surface area contributed by atoms with Gasteiger partial charge < -0.3 is 5.73 Å². The molecule has 4 heteroatoms. The van der Waals surface area contributed by atoms with Gasteiger partial charge in [0.1, 0.15) is 0 Å². The monoisotopic (exact) mass is 224 g/mol. The Morgan fingerprint density at radius 3 is 2.88 bits per heavy atom. The standard InChI is InChI=1S/C13H12N4/c1-9-8-17(13(14)16-9)12-4-2-3-10-7-15-6-5-11(10)12/h2-8H,1H3,(H2,14,16). The van der Waals surface area contributed by atoms with E-state index in [-0.39, 0.29) is 0 Å². The van der Waals surface area contributed by atoms with E-state index in [1.807, 2.05) is 48.1 Å². The lowest BCUT2D eigenvalue weighted by molar-refractivity contribution is 1.09. The summed E-state index contributed by atoms with van der Waals surface area (Å²) in [5, 5.41) is 2.21. The number of hydrogen-bond donors (Lipinski definition) is 1. The smallest absolute Gasteiger partial charge is 0.205 e. The lowest BCUT2D eigenvalue weighted by Gasteiger charge is -2.08. The Kier molecular flexibility index (Phi) is 2.08. The van der Waals surface area contributed by atoms with Crippen LogP contribution >= 0.6 is 0 Å². The van der Waals surface area contributed by atoms with Gasteiger partial charge in [0.05, 0.1) is 11.4 Å². The van der Waals surface area contributed by atoms with Gasteiger partial charge in [0.2, 0.25) is 5.95 Å². The molecule has 4 nitrogen and oxygen atoms in total. The SMILES string of the molecule is Cc1cn(-c2cccc3cnccc23)c(N)n1. The van der Waals surface area contributed by atoms with Crippen molar-refractivity contribution in [3.63, 3.8) is 0 Å². The molecule has 0 radical (unpaired) electrons. The number of nitrogens with two attached hydrogens (primary N) is 1. The first-order valence-electron chi connectivity index (χ1n) is 5.40. The Morgan fingerprint density at radius 1 is 1.24 bits per heavy atom. The van der Waals surface area contributed by atoms with Crippen molar-refractivity contribution in [2.75, 3.05) is 5.73 Å². The highest BCUT2D eigenvalue weighted by Crippen LogP contribution is 2.23. The van der Waals surface area contributed by atoms with Gasteiger partial charge in [0.15, 0.2) is 0 Å². The highest BCUT2D eigenvalue weighted by atomic mass is 15.1. The quantitative estimate of drug-likeness (QED) is 0.690. The van der Waals surface area contributed by atoms with E-state index in [9.17, 15) is 0 Å². The first-order valence-corrected chi connectivity index (χ1v) is 5.40. The summed E-state index contributed by atoms with van der Waals surface area (Å²) in [4.78, 5) is 8.34. The van der Waals surface area contributed by atoms with Crippen molar-refractivity contribution in [3.8, 4) is 5.69 Å². The Bertz CT molecular complexity index is 679. The van der Waals surface area contributed by atoms with E-state index in [1.165, 1.54) is 0 Å². The molecule has 0 bridgehead atoms. The first-order chi connectivity index (χ1) is 8.25. The number of anilines is 1. The summed E-state index contributed by atoms with van der Waals surface area (Å²) >= 11 is 0. The molecule has 0 fully saturated rings. The van der Waals surface area contributed by atoms with Crippen LogP contribution in [0.1, 0.15) is 5.69 Å². The molecule has 0 aliphatic rings. The van der Waals surface area contributed by atoms with E-state index in [2.05, 4.69) is 9.97 Å². The van der Waals surface area contributed by atoms with Crippen LogP contribution in [0.3, 0.4) is 0 Å². The fourth-order valence-electron chi connectivity index (χ4n) is 2.02. The number of aryl methyl sites for hydroxylation is 1. The average molecular weight is 224 g/mol. The maximum atomic E-state index is 5.90. The fraction of sp³-hybridized carbons (Fsp3) is 0.0769. The fourth-order valence-corrected chi connectivity index (χ4v) is 2.02. The van der Waals surface area contributed by atoms with Gasteiger partial charge in [-0.05, 0) is 19.1 Å². The van der Waals surface area contributed by atoms with E-state index in [1.54, 1.807) is 6.20 Å². The predicted octanol–water partition coefficient (Wildman–Crippen LogP) is 2.31. The van der Waals surface area contributed by atoms with Crippen molar-refractivity contribution < 1.29 is 0 Å². The van der Waals surface area contributed by atoms with Crippen molar-refractivity contribution in [3.05, 3.63) is 48.5 Å². The number of aromatic nitrogens is 3. The number of nitrogen functional groups attached to an aromatic ring is 1. The zero-order valence-electron chi connectivity index (χ0n) is 9.46. The number of fused-ring (bicyclic) bond motifs is 1. The van der Waals surface area contributed by atoms with E-state index < -0.39 is 0 Å². The molecule has 0 saturated carbocycles. The van der Waals surface area contributed by atoms with Gasteiger partial charge >= 0.3 is 0 Å². The Labute approximate surface area is 98.7 Å². The zero-order chi connectivity index (χ0) is 11.8. The van der Waals surface area contributed by atoms with Crippen molar-refractivity contribution in [1.82, 2.24) is 14.5 Å². The van der Waals surface area contributed by atoms with Gasteiger partial charge in [-0.1, -0.05) is 12.1 Å². The molecular formula is C13H12N4. The highest BCUT2D eigenvalue weighted by molar-refractivity contribution is 5.89. The topological polar surface area (TPSA) is 56.7 Å². The molecule has 0 unspecified atom stereocenters. The summed E-state index contributed by atoms with van der Waals surface area (Å²) in [5.74, 6) is 0.506. The molecule has 0 aliphatic heterocycles. The van der Waals surface area contributed by atoms with E-state index in [0.717, 1.165) is 22.2 Å². The van der Waals surface area contributed by atoms with Crippen LogP contribution in [-0.2, 0) is 0 Å². The summed E-state index contributed by atoms with van der Waals surface area (Å²) in [6, 6.07) is 8.04. The molecule has 2 aromatic heterocycles. The van der Waals surface area contributed by atoms with Gasteiger partial charge in [-0.25, -0.2) is 4.98 Å². The third-order valence-corrected chi connectivity index (χ3v) is 2.77. The second kappa shape index (κ2) is 3.59. The first kappa shape index (κ1) is 9.84. The molecule has 0 aliphatic carbocycles. The maximum absolute atomic E-state index is 5.90. The van der Waals surface area contributed by atoms with Crippen molar-refractivity contribution in [1.29, 1.82) is 0 Å². The molecule has 17 heavy (non-hydrogen) atoms. The van der Waals surface area contributed by atoms with Gasteiger partial charge in [0, 0.05) is 29.4 Å². The summed E-state index contributed by atoms with van der Waals surface area (Å²) in [6.45, 7) is 1.93. The van der Waals surface area contributed by atoms with Crippen LogP contribution in [0.15, 0.2) is 42.9 Å². The average Bonchev–Trinajstić information content (AvgIpc) is 2.68. The summed E-state index contributed by atoms with van der Waals surface area (Å²) in [6.07, 6.45) is 5.56. The highest BCUT2D eigenvalue weighted by Gasteiger charge is 2.07. The van der Waals surface area contributed by atoms with Crippen molar-refractivity contribution in [2.45, 2.75) is 6.92 Å². The van der Waals surface area contributed by atoms with Crippen molar-refractivity contribution in [2.24, 2.45) is 0 Å². The Hall–Kier alpha value is -2.36. The second-order valence-corrected chi connectivity index (χ2v) is 3.98. The molecule has 2 heterocycles. The number of rotatable bonds is 1. The molecule has 0 saturated heterocycles. The predicted molar refractivity (Wildman–Crippen MR) is 68.0 cm³/mol. The minimum atomic E-state index is 0.506. The minimum Gasteiger partial charge on any atom is -0.369 e. The molecular weight excluding hydrogens is 212 g/mol. The molecule has 1 aromatic carbocycles. The van der Waals surface area contributed by atoms with Gasteiger partial charge in [0.25, 0.3) is 0 Å². The number of pyridine rings is 1. The molecule has 0 amide bonds. The van der Waals surface area contributed by atoms with Crippen LogP contribution in [-0.4, -0.2) is 14.5 Å². The molecule has 3 aromatic rings. The number of nitrogens with zero attached hydrogens (tertiary/aromatic N) is 3. The van der Waals surface area contributed by atoms with Gasteiger partial charge in [-0.3, -0.25) is 9.55 Å². The third-order valence-electron chi connectivity index (χ3n) is 2.77. The van der Waals surface area contributed by atoms with Gasteiger partial charge in [-0.2, -0.15) is 0 Å². The number of benzene rings is 1. The van der Waals surface area contributed by atoms with Crippen LogP contribution in [0.2, 0.25) is 0 Å². The van der Waals surface area contributed by atoms with Crippen LogP contribution in [0.25, 0.3) is 16.5 Å². The van der Waals surface area contributed by atoms with Crippen LogP contribution in [0, 0.1) is 6.92 Å². The summed E-state index contributed by atoms with van der Waals surface area (Å²) < 4.78 is 1.90. The lowest BCUT2D eigenvalue weighted by atomic mass is 10.1. The summed E-state index contributed by atoms with van der Waals surface area (Å²) in [7, 11) is 0. The van der Waals surface area contributed by atoms with Crippen LogP contribution in [0.5, 0.6) is 0 Å². The molecule has 3 rings (SSSR count). The molecule has 0 atom stereocenters.